The number of anilines is 1. The molecule has 2 N–H and O–H groups in total. The van der Waals surface area contributed by atoms with Gasteiger partial charge in [-0.05, 0) is 43.3 Å². The van der Waals surface area contributed by atoms with E-state index in [0.29, 0.717) is 17.4 Å². The average molecular weight is 458 g/mol. The summed E-state index contributed by atoms with van der Waals surface area (Å²) in [6, 6.07) is 23.5. The van der Waals surface area contributed by atoms with Crippen LogP contribution in [0.5, 0.6) is 0 Å². The number of thioether (sulfide) groups is 1. The van der Waals surface area contributed by atoms with Crippen LogP contribution in [0.2, 0.25) is 0 Å². The first-order valence-corrected chi connectivity index (χ1v) is 11.3. The molecule has 4 aromatic rings. The molecule has 0 aliphatic rings. The summed E-state index contributed by atoms with van der Waals surface area (Å²) in [6.45, 7) is 2.55. The van der Waals surface area contributed by atoms with Gasteiger partial charge in [-0.1, -0.05) is 53.7 Å². The second-order valence-electron chi connectivity index (χ2n) is 7.13. The van der Waals surface area contributed by atoms with Crippen molar-refractivity contribution >= 4 is 29.6 Å². The summed E-state index contributed by atoms with van der Waals surface area (Å²) in [5.74, 6) is 0.655. The highest BCUT2D eigenvalue weighted by Crippen LogP contribution is 2.22. The summed E-state index contributed by atoms with van der Waals surface area (Å²) in [7, 11) is 0. The van der Waals surface area contributed by atoms with E-state index in [9.17, 15) is 4.79 Å². The molecule has 0 radical (unpaired) electrons. The Bertz CT molecular complexity index is 1210. The molecule has 9 heteroatoms. The van der Waals surface area contributed by atoms with Crippen LogP contribution in [0.1, 0.15) is 17.1 Å². The van der Waals surface area contributed by atoms with E-state index in [2.05, 4.69) is 50.1 Å². The first kappa shape index (κ1) is 22.2. The molecular formula is C24H23N7OS. The highest BCUT2D eigenvalue weighted by molar-refractivity contribution is 7.99. The number of para-hydroxylation sites is 1. The summed E-state index contributed by atoms with van der Waals surface area (Å²) in [4.78, 5) is 16.4. The van der Waals surface area contributed by atoms with E-state index in [-0.39, 0.29) is 11.7 Å². The molecule has 0 atom stereocenters. The number of carbonyl (C=O) groups is 1. The van der Waals surface area contributed by atoms with Crippen molar-refractivity contribution in [2.24, 2.45) is 5.10 Å². The fourth-order valence-electron chi connectivity index (χ4n) is 2.98. The van der Waals surface area contributed by atoms with Crippen molar-refractivity contribution in [2.75, 3.05) is 11.1 Å². The molecule has 2 heterocycles. The van der Waals surface area contributed by atoms with Crippen LogP contribution < -0.4 is 10.7 Å². The molecule has 8 nitrogen and oxygen atoms in total. The number of nitrogens with zero attached hydrogens (tertiary/aromatic N) is 5. The number of pyridine rings is 1. The van der Waals surface area contributed by atoms with Crippen molar-refractivity contribution < 1.29 is 4.79 Å². The molecule has 2 aromatic heterocycles. The van der Waals surface area contributed by atoms with Gasteiger partial charge in [-0.25, -0.2) is 5.43 Å². The molecular weight excluding hydrogens is 434 g/mol. The van der Waals surface area contributed by atoms with Gasteiger partial charge in [0.2, 0.25) is 0 Å². The summed E-state index contributed by atoms with van der Waals surface area (Å²) in [6.07, 6.45) is 3.17. The Morgan fingerprint density at radius 1 is 1.03 bits per heavy atom. The molecule has 0 bridgehead atoms. The number of hydrogen-bond donors (Lipinski definition) is 2. The summed E-state index contributed by atoms with van der Waals surface area (Å²) in [5.41, 5.74) is 6.32. The summed E-state index contributed by atoms with van der Waals surface area (Å²) >= 11 is 1.30. The lowest BCUT2D eigenvalue weighted by atomic mass is 10.2. The van der Waals surface area contributed by atoms with Crippen LogP contribution in [0.3, 0.4) is 0 Å². The van der Waals surface area contributed by atoms with Gasteiger partial charge in [-0.2, -0.15) is 5.10 Å². The van der Waals surface area contributed by atoms with E-state index in [4.69, 9.17) is 0 Å². The number of aromatic nitrogens is 4. The second-order valence-corrected chi connectivity index (χ2v) is 8.07. The average Bonchev–Trinajstić information content (AvgIpc) is 3.26. The van der Waals surface area contributed by atoms with E-state index in [0.717, 1.165) is 17.2 Å². The fraction of sp³-hybridized carbons (Fsp3) is 0.125. The highest BCUT2D eigenvalue weighted by atomic mass is 32.2. The van der Waals surface area contributed by atoms with E-state index in [1.165, 1.54) is 23.5 Å². The molecule has 166 valence electrons. The number of benzene rings is 2. The maximum absolute atomic E-state index is 12.3. The zero-order chi connectivity index (χ0) is 22.9. The number of nitrogens with one attached hydrogen (secondary N) is 2. The molecule has 0 saturated heterocycles. The lowest BCUT2D eigenvalue weighted by molar-refractivity contribution is -0.118. The smallest absolute Gasteiger partial charge is 0.250 e. The molecule has 0 unspecified atom stereocenters. The van der Waals surface area contributed by atoms with E-state index < -0.39 is 0 Å². The molecule has 4 rings (SSSR count). The van der Waals surface area contributed by atoms with Gasteiger partial charge < -0.3 is 5.32 Å². The predicted molar refractivity (Wildman–Crippen MR) is 131 cm³/mol. The number of amides is 1. The van der Waals surface area contributed by atoms with Gasteiger partial charge >= 0.3 is 0 Å². The number of rotatable bonds is 9. The predicted octanol–water partition coefficient (Wildman–Crippen LogP) is 3.83. The first-order valence-electron chi connectivity index (χ1n) is 10.3. The van der Waals surface area contributed by atoms with Gasteiger partial charge in [-0.15, -0.1) is 10.2 Å². The minimum atomic E-state index is -0.242. The highest BCUT2D eigenvalue weighted by Gasteiger charge is 2.15. The van der Waals surface area contributed by atoms with E-state index in [1.807, 2.05) is 59.2 Å². The third-order valence-electron chi connectivity index (χ3n) is 4.62. The van der Waals surface area contributed by atoms with E-state index in [1.54, 1.807) is 12.3 Å². The van der Waals surface area contributed by atoms with Crippen LogP contribution in [0.4, 0.5) is 5.69 Å². The second kappa shape index (κ2) is 11.1. The standard InChI is InChI=1S/C24H23N7OS/c1-18-10-12-19(13-11-18)26-16-22-28-30-24(31(22)21-8-3-2-4-9-21)33-17-23(32)29-27-15-20-7-5-6-14-25-20/h2-15,26H,16-17H2,1H3,(H,29,32). The quantitative estimate of drug-likeness (QED) is 0.225. The van der Waals surface area contributed by atoms with E-state index >= 15 is 0 Å². The fourth-order valence-corrected chi connectivity index (χ4v) is 3.75. The third-order valence-corrected chi connectivity index (χ3v) is 5.55. The van der Waals surface area contributed by atoms with Crippen LogP contribution in [0, 0.1) is 6.92 Å². The molecule has 2 aromatic carbocycles. The van der Waals surface area contributed by atoms with Crippen LogP contribution in [0.15, 0.2) is 89.3 Å². The van der Waals surface area contributed by atoms with Crippen LogP contribution in [-0.4, -0.2) is 37.6 Å². The number of hydrogen-bond acceptors (Lipinski definition) is 7. The largest absolute Gasteiger partial charge is 0.378 e. The van der Waals surface area contributed by atoms with Crippen molar-refractivity contribution in [3.05, 3.63) is 96.1 Å². The summed E-state index contributed by atoms with van der Waals surface area (Å²) < 4.78 is 1.95. The molecule has 0 fully saturated rings. The lowest BCUT2D eigenvalue weighted by Gasteiger charge is -2.11. The van der Waals surface area contributed by atoms with Crippen LogP contribution in [0.25, 0.3) is 5.69 Å². The van der Waals surface area contributed by atoms with Crippen LogP contribution >= 0.6 is 11.8 Å². The number of carbonyl (C=O) groups excluding carboxylic acids is 1. The SMILES string of the molecule is Cc1ccc(NCc2nnc(SCC(=O)NN=Cc3ccccn3)n2-c2ccccc2)cc1. The molecule has 1 amide bonds. The lowest BCUT2D eigenvalue weighted by Crippen LogP contribution is -2.20. The molecule has 0 aliphatic heterocycles. The van der Waals surface area contributed by atoms with Gasteiger partial charge in [-0.3, -0.25) is 14.3 Å². The van der Waals surface area contributed by atoms with Crippen molar-refractivity contribution in [3.63, 3.8) is 0 Å². The Morgan fingerprint density at radius 3 is 2.58 bits per heavy atom. The van der Waals surface area contributed by atoms with Crippen molar-refractivity contribution in [2.45, 2.75) is 18.6 Å². The Labute approximate surface area is 196 Å². The van der Waals surface area contributed by atoms with Crippen LogP contribution in [-0.2, 0) is 11.3 Å². The zero-order valence-corrected chi connectivity index (χ0v) is 18.9. The molecule has 0 aliphatic carbocycles. The number of hydrazone groups is 1. The van der Waals surface area contributed by atoms with Gasteiger partial charge in [0, 0.05) is 17.6 Å². The summed E-state index contributed by atoms with van der Waals surface area (Å²) in [5, 5.41) is 16.7. The third kappa shape index (κ3) is 6.27. The monoisotopic (exact) mass is 457 g/mol. The van der Waals surface area contributed by atoms with Gasteiger partial charge in [0.05, 0.1) is 24.2 Å². The Hall–Kier alpha value is -3.98. The molecule has 0 saturated carbocycles. The normalized spacial score (nSPS) is 10.9. The van der Waals surface area contributed by atoms with Crippen molar-refractivity contribution in [1.29, 1.82) is 0 Å². The minimum absolute atomic E-state index is 0.149. The number of aryl methyl sites for hydroxylation is 1. The minimum Gasteiger partial charge on any atom is -0.378 e. The Balaban J connectivity index is 1.43. The van der Waals surface area contributed by atoms with Gasteiger partial charge in [0.15, 0.2) is 11.0 Å². The maximum atomic E-state index is 12.3. The Kier molecular flexibility index (Phi) is 7.44. The Morgan fingerprint density at radius 2 is 1.82 bits per heavy atom. The zero-order valence-electron chi connectivity index (χ0n) is 18.0. The van der Waals surface area contributed by atoms with Crippen molar-refractivity contribution in [1.82, 2.24) is 25.2 Å². The topological polar surface area (TPSA) is 97.1 Å². The molecule has 33 heavy (non-hydrogen) atoms. The first-order chi connectivity index (χ1) is 16.2. The van der Waals surface area contributed by atoms with Gasteiger partial charge in [0.1, 0.15) is 0 Å². The molecule has 0 spiro atoms. The van der Waals surface area contributed by atoms with Crippen molar-refractivity contribution in [3.8, 4) is 5.69 Å². The van der Waals surface area contributed by atoms with Gasteiger partial charge in [0.25, 0.3) is 5.91 Å². The maximum Gasteiger partial charge on any atom is 0.250 e.